The SMILES string of the molecule is C[C@@H](NC(=O)[C@@H](N)CCCNC(=N)N)C(=O)N[C@@H](Cc1ccc(-c2ccccc2)cc1)C(=O)N[C@@H](CO)C(=O)N1CCC[C@H]1C(=O)N[C@@H](CO)C(=O)O. The molecule has 1 saturated heterocycles. The zero-order valence-electron chi connectivity index (χ0n) is 29.4. The molecule has 1 aliphatic heterocycles. The van der Waals surface area contributed by atoms with Crippen LogP contribution in [0.15, 0.2) is 54.6 Å². The second-order valence-corrected chi connectivity index (χ2v) is 12.7. The average Bonchev–Trinajstić information content (AvgIpc) is 3.64. The third-order valence-corrected chi connectivity index (χ3v) is 8.66. The number of carboxylic acid groups (broad SMARTS) is 1. The Morgan fingerprint density at radius 1 is 0.849 bits per heavy atom. The van der Waals surface area contributed by atoms with Gasteiger partial charge in [0.05, 0.1) is 19.3 Å². The molecule has 2 aromatic rings. The topological polar surface area (TPSA) is 302 Å². The van der Waals surface area contributed by atoms with E-state index in [4.69, 9.17) is 16.9 Å². The molecule has 53 heavy (non-hydrogen) atoms. The fraction of sp³-hybridized carbons (Fsp3) is 0.457. The van der Waals surface area contributed by atoms with Crippen molar-refractivity contribution in [3.8, 4) is 11.1 Å². The highest BCUT2D eigenvalue weighted by Gasteiger charge is 2.39. The van der Waals surface area contributed by atoms with E-state index in [0.29, 0.717) is 24.9 Å². The molecule has 0 aliphatic carbocycles. The van der Waals surface area contributed by atoms with Crippen LogP contribution in [0.5, 0.6) is 0 Å². The highest BCUT2D eigenvalue weighted by molar-refractivity contribution is 5.96. The van der Waals surface area contributed by atoms with Crippen LogP contribution in [-0.4, -0.2) is 124 Å². The number of carboxylic acids is 1. The van der Waals surface area contributed by atoms with E-state index in [1.54, 1.807) is 12.1 Å². The van der Waals surface area contributed by atoms with Gasteiger partial charge in [-0.3, -0.25) is 29.4 Å². The van der Waals surface area contributed by atoms with Gasteiger partial charge in [0, 0.05) is 19.5 Å². The van der Waals surface area contributed by atoms with Gasteiger partial charge in [-0.05, 0) is 49.3 Å². The van der Waals surface area contributed by atoms with Crippen LogP contribution in [0.1, 0.15) is 38.2 Å². The van der Waals surface area contributed by atoms with Gasteiger partial charge in [-0.15, -0.1) is 0 Å². The van der Waals surface area contributed by atoms with Crippen molar-refractivity contribution in [1.29, 1.82) is 5.41 Å². The van der Waals surface area contributed by atoms with E-state index in [1.165, 1.54) is 6.92 Å². The Morgan fingerprint density at radius 3 is 2.08 bits per heavy atom. The molecule has 0 saturated carbocycles. The molecule has 0 unspecified atom stereocenters. The quantitative estimate of drug-likeness (QED) is 0.0405. The maximum atomic E-state index is 13.8. The number of aliphatic hydroxyl groups excluding tert-OH is 2. The summed E-state index contributed by atoms with van der Waals surface area (Å²) in [7, 11) is 0. The lowest BCUT2D eigenvalue weighted by molar-refractivity contribution is -0.146. The maximum Gasteiger partial charge on any atom is 0.328 e. The molecule has 0 aromatic heterocycles. The van der Waals surface area contributed by atoms with Crippen molar-refractivity contribution in [2.45, 2.75) is 75.3 Å². The molecule has 18 nitrogen and oxygen atoms in total. The summed E-state index contributed by atoms with van der Waals surface area (Å²) in [5.74, 6) is -5.48. The lowest BCUT2D eigenvalue weighted by Gasteiger charge is -2.29. The van der Waals surface area contributed by atoms with Crippen molar-refractivity contribution in [3.05, 3.63) is 60.2 Å². The number of hydrogen-bond donors (Lipinski definition) is 11. The van der Waals surface area contributed by atoms with Gasteiger partial charge in [0.15, 0.2) is 5.96 Å². The molecule has 13 N–H and O–H groups in total. The first kappa shape index (κ1) is 41.8. The van der Waals surface area contributed by atoms with Gasteiger partial charge in [0.2, 0.25) is 29.5 Å². The van der Waals surface area contributed by atoms with E-state index in [0.717, 1.165) is 16.0 Å². The molecule has 18 heteroatoms. The molecule has 1 heterocycles. The third kappa shape index (κ3) is 12.5. The Labute approximate surface area is 306 Å². The molecular weight excluding hydrogens is 690 g/mol. The van der Waals surface area contributed by atoms with Crippen molar-refractivity contribution in [3.63, 3.8) is 0 Å². The van der Waals surface area contributed by atoms with Crippen LogP contribution in [0.2, 0.25) is 0 Å². The van der Waals surface area contributed by atoms with Crippen LogP contribution in [0.3, 0.4) is 0 Å². The predicted molar refractivity (Wildman–Crippen MR) is 193 cm³/mol. The number of likely N-dealkylation sites (tertiary alicyclic amines) is 1. The average molecular weight is 740 g/mol. The summed E-state index contributed by atoms with van der Waals surface area (Å²) in [5, 5.41) is 48.3. The van der Waals surface area contributed by atoms with E-state index in [9.17, 15) is 44.1 Å². The van der Waals surface area contributed by atoms with E-state index in [2.05, 4.69) is 26.6 Å². The number of aliphatic carboxylic acids is 1. The van der Waals surface area contributed by atoms with Crippen LogP contribution in [0.25, 0.3) is 11.1 Å². The van der Waals surface area contributed by atoms with E-state index >= 15 is 0 Å². The molecule has 3 rings (SSSR count). The van der Waals surface area contributed by atoms with Crippen molar-refractivity contribution in [1.82, 2.24) is 31.5 Å². The monoisotopic (exact) mass is 739 g/mol. The van der Waals surface area contributed by atoms with Crippen molar-refractivity contribution in [2.24, 2.45) is 11.5 Å². The second-order valence-electron chi connectivity index (χ2n) is 12.7. The lowest BCUT2D eigenvalue weighted by atomic mass is 10.00. The zero-order chi connectivity index (χ0) is 39.1. The highest BCUT2D eigenvalue weighted by atomic mass is 16.4. The number of nitrogens with zero attached hydrogens (tertiary/aromatic N) is 1. The second kappa shape index (κ2) is 20.4. The largest absolute Gasteiger partial charge is 0.480 e. The number of amides is 5. The number of benzene rings is 2. The summed E-state index contributed by atoms with van der Waals surface area (Å²) in [6.45, 7) is 0.0932. The van der Waals surface area contributed by atoms with Crippen LogP contribution in [-0.2, 0) is 35.2 Å². The van der Waals surface area contributed by atoms with Crippen LogP contribution < -0.4 is 38.1 Å². The van der Waals surface area contributed by atoms with Gasteiger partial charge >= 0.3 is 5.97 Å². The van der Waals surface area contributed by atoms with Crippen molar-refractivity contribution < 1.29 is 44.1 Å². The van der Waals surface area contributed by atoms with E-state index < -0.39 is 85.0 Å². The summed E-state index contributed by atoms with van der Waals surface area (Å²) in [6.07, 6.45) is 1.19. The Balaban J connectivity index is 1.75. The predicted octanol–water partition coefficient (Wildman–Crippen LogP) is -2.49. The Morgan fingerprint density at radius 2 is 1.47 bits per heavy atom. The number of rotatable bonds is 19. The number of carbonyl (C=O) groups is 6. The Hall–Kier alpha value is -5.59. The summed E-state index contributed by atoms with van der Waals surface area (Å²) in [5.41, 5.74) is 13.7. The number of carbonyl (C=O) groups excluding carboxylic acids is 5. The number of aliphatic hydroxyl groups is 2. The molecule has 0 spiro atoms. The molecular formula is C35H49N9O9. The van der Waals surface area contributed by atoms with Gasteiger partial charge in [0.25, 0.3) is 0 Å². The lowest BCUT2D eigenvalue weighted by Crippen LogP contribution is -2.60. The first-order chi connectivity index (χ1) is 25.2. The minimum absolute atomic E-state index is 0.0468. The van der Waals surface area contributed by atoms with Crippen LogP contribution >= 0.6 is 0 Å². The maximum absolute atomic E-state index is 13.8. The number of nitrogens with one attached hydrogen (secondary N) is 6. The molecule has 6 atom stereocenters. The van der Waals surface area contributed by atoms with Gasteiger partial charge in [-0.25, -0.2) is 4.79 Å². The summed E-state index contributed by atoms with van der Waals surface area (Å²) in [6, 6.07) is 9.20. The number of guanidine groups is 1. The molecule has 1 fully saturated rings. The van der Waals surface area contributed by atoms with Crippen molar-refractivity contribution >= 4 is 41.5 Å². The van der Waals surface area contributed by atoms with Crippen molar-refractivity contribution in [2.75, 3.05) is 26.3 Å². The van der Waals surface area contributed by atoms with Gasteiger partial charge in [0.1, 0.15) is 30.2 Å². The summed E-state index contributed by atoms with van der Waals surface area (Å²) < 4.78 is 0. The molecule has 2 aromatic carbocycles. The number of hydrogen-bond acceptors (Lipinski definition) is 10. The normalized spacial score (nSPS) is 16.6. The Bertz CT molecular complexity index is 1590. The molecule has 5 amide bonds. The van der Waals surface area contributed by atoms with Gasteiger partial charge < -0.3 is 58.3 Å². The Kier molecular flexibility index (Phi) is 16.1. The molecule has 1 aliphatic rings. The molecule has 288 valence electrons. The standard InChI is InChI=1S/C35H49N9O9/c1-20(40-30(48)24(36)9-5-15-39-35(37)38)29(47)41-25(17-21-11-13-23(14-12-21)22-7-3-2-4-8-22)31(49)42-26(18-45)33(51)44-16-6-10-28(44)32(50)43-27(19-46)34(52)53/h2-4,7-8,11-14,20,24-28,45-46H,5-6,9-10,15-19,36H2,1H3,(H,40,48)(H,41,47)(H,42,49)(H,43,50)(H,52,53)(H4,37,38,39)/t20-,24+,25+,26+,27+,28+/m1/s1. The summed E-state index contributed by atoms with van der Waals surface area (Å²) >= 11 is 0. The first-order valence-corrected chi connectivity index (χ1v) is 17.2. The molecule has 0 radical (unpaired) electrons. The van der Waals surface area contributed by atoms with Gasteiger partial charge in [-0.2, -0.15) is 0 Å². The molecule has 0 bridgehead atoms. The minimum atomic E-state index is -1.59. The third-order valence-electron chi connectivity index (χ3n) is 8.66. The van der Waals surface area contributed by atoms with Crippen LogP contribution in [0, 0.1) is 5.41 Å². The smallest absolute Gasteiger partial charge is 0.328 e. The van der Waals surface area contributed by atoms with E-state index in [1.807, 2.05) is 42.5 Å². The highest BCUT2D eigenvalue weighted by Crippen LogP contribution is 2.21. The van der Waals surface area contributed by atoms with E-state index in [-0.39, 0.29) is 31.8 Å². The fourth-order valence-electron chi connectivity index (χ4n) is 5.68. The number of nitrogens with two attached hydrogens (primary N) is 2. The van der Waals surface area contributed by atoms with Crippen LogP contribution in [0.4, 0.5) is 0 Å². The first-order valence-electron chi connectivity index (χ1n) is 17.2. The fourth-order valence-corrected chi connectivity index (χ4v) is 5.68. The van der Waals surface area contributed by atoms with Gasteiger partial charge in [-0.1, -0.05) is 54.6 Å². The summed E-state index contributed by atoms with van der Waals surface area (Å²) in [4.78, 5) is 78.6. The minimum Gasteiger partial charge on any atom is -0.480 e. The zero-order valence-corrected chi connectivity index (χ0v) is 29.4.